The molecule has 0 spiro atoms. The summed E-state index contributed by atoms with van der Waals surface area (Å²) in [6.45, 7) is 5.22. The van der Waals surface area contributed by atoms with Crippen molar-refractivity contribution in [2.45, 2.75) is 31.6 Å². The summed E-state index contributed by atoms with van der Waals surface area (Å²) in [6.07, 6.45) is 5.06. The second-order valence-electron chi connectivity index (χ2n) is 7.55. The molecule has 2 nitrogen and oxygen atoms in total. The number of hydrogen-bond acceptors (Lipinski definition) is 2. The predicted molar refractivity (Wildman–Crippen MR) is 103 cm³/mol. The van der Waals surface area contributed by atoms with E-state index in [9.17, 15) is 0 Å². The molecule has 0 N–H and O–H groups in total. The molecule has 1 saturated heterocycles. The van der Waals surface area contributed by atoms with E-state index in [0.29, 0.717) is 5.92 Å². The molecule has 0 radical (unpaired) electrons. The van der Waals surface area contributed by atoms with Gasteiger partial charge in [-0.05, 0) is 60.8 Å². The summed E-state index contributed by atoms with van der Waals surface area (Å²) in [6, 6.07) is 20.2. The lowest BCUT2D eigenvalue weighted by Gasteiger charge is -2.29. The molecule has 2 aromatic rings. The summed E-state index contributed by atoms with van der Waals surface area (Å²) in [5.41, 5.74) is 4.67. The number of hydrogen-bond donors (Lipinski definition) is 0. The highest BCUT2D eigenvalue weighted by molar-refractivity contribution is 5.34. The molecule has 2 aromatic carbocycles. The van der Waals surface area contributed by atoms with Crippen molar-refractivity contribution in [3.63, 3.8) is 0 Å². The van der Waals surface area contributed by atoms with E-state index in [-0.39, 0.29) is 0 Å². The molecule has 25 heavy (non-hydrogen) atoms. The van der Waals surface area contributed by atoms with E-state index in [1.807, 2.05) is 0 Å². The van der Waals surface area contributed by atoms with Gasteiger partial charge in [-0.2, -0.15) is 0 Å². The van der Waals surface area contributed by atoms with Gasteiger partial charge >= 0.3 is 0 Å². The van der Waals surface area contributed by atoms with Gasteiger partial charge in [0.15, 0.2) is 0 Å². The Morgan fingerprint density at radius 2 is 1.52 bits per heavy atom. The Morgan fingerprint density at radius 1 is 0.880 bits per heavy atom. The quantitative estimate of drug-likeness (QED) is 0.780. The Hall–Kier alpha value is -1.64. The number of rotatable bonds is 6. The first-order chi connectivity index (χ1) is 12.4. The van der Waals surface area contributed by atoms with Crippen molar-refractivity contribution in [3.8, 4) is 0 Å². The van der Waals surface area contributed by atoms with Crippen LogP contribution in [0.1, 0.15) is 35.4 Å². The molecule has 0 amide bonds. The number of ether oxygens (including phenoxy) is 1. The summed E-state index contributed by atoms with van der Waals surface area (Å²) in [4.78, 5) is 2.56. The first kappa shape index (κ1) is 16.8. The van der Waals surface area contributed by atoms with Crippen LogP contribution in [0.2, 0.25) is 0 Å². The molecule has 1 fully saturated rings. The number of benzene rings is 2. The lowest BCUT2D eigenvalue weighted by Crippen LogP contribution is -2.37. The van der Waals surface area contributed by atoms with E-state index in [2.05, 4.69) is 59.5 Å². The Labute approximate surface area is 151 Å². The van der Waals surface area contributed by atoms with Gasteiger partial charge in [0.25, 0.3) is 0 Å². The van der Waals surface area contributed by atoms with Crippen LogP contribution in [0.4, 0.5) is 0 Å². The molecule has 0 saturated carbocycles. The van der Waals surface area contributed by atoms with Crippen molar-refractivity contribution in [3.05, 3.63) is 71.3 Å². The molecule has 0 bridgehead atoms. The van der Waals surface area contributed by atoms with Crippen LogP contribution in [0.5, 0.6) is 0 Å². The molecular formula is C23H29NO. The molecular weight excluding hydrogens is 306 g/mol. The summed E-state index contributed by atoms with van der Waals surface area (Å²) < 4.78 is 5.47. The summed E-state index contributed by atoms with van der Waals surface area (Å²) in [7, 11) is 0. The maximum Gasteiger partial charge on any atom is 0.0594 e. The molecule has 2 heteroatoms. The highest BCUT2D eigenvalue weighted by Crippen LogP contribution is 2.39. The Balaban J connectivity index is 1.42. The molecule has 2 aliphatic rings. The fourth-order valence-electron chi connectivity index (χ4n) is 4.61. The van der Waals surface area contributed by atoms with Crippen LogP contribution < -0.4 is 0 Å². The lowest BCUT2D eigenvalue weighted by atomic mass is 9.81. The van der Waals surface area contributed by atoms with Crippen LogP contribution in [0.3, 0.4) is 0 Å². The minimum Gasteiger partial charge on any atom is -0.379 e. The standard InChI is InChI=1S/C23H29NO/c1-2-7-19(8-3-1)23(11-6-12-24-13-15-25-16-14-24)22-17-20-9-4-5-10-21(20)18-22/h1-5,7-10,22-23H,6,11-18H2. The highest BCUT2D eigenvalue weighted by Gasteiger charge is 2.29. The predicted octanol–water partition coefficient (Wildman–Crippen LogP) is 4.30. The molecule has 4 rings (SSSR count). The molecule has 132 valence electrons. The smallest absolute Gasteiger partial charge is 0.0594 e. The van der Waals surface area contributed by atoms with Gasteiger partial charge in [-0.15, -0.1) is 0 Å². The topological polar surface area (TPSA) is 12.5 Å². The van der Waals surface area contributed by atoms with Gasteiger partial charge in [0, 0.05) is 13.1 Å². The van der Waals surface area contributed by atoms with Gasteiger partial charge in [0.05, 0.1) is 13.2 Å². The van der Waals surface area contributed by atoms with Crippen molar-refractivity contribution in [1.29, 1.82) is 0 Å². The third-order valence-electron chi connectivity index (χ3n) is 5.97. The molecule has 0 aromatic heterocycles. The Morgan fingerprint density at radius 3 is 2.20 bits per heavy atom. The SMILES string of the molecule is c1ccc(C(CCCN2CCOCC2)C2Cc3ccccc3C2)cc1. The lowest BCUT2D eigenvalue weighted by molar-refractivity contribution is 0.0368. The normalized spacial score (nSPS) is 19.7. The van der Waals surface area contributed by atoms with E-state index >= 15 is 0 Å². The Bertz CT molecular complexity index is 638. The molecule has 1 aliphatic heterocycles. The number of nitrogens with zero attached hydrogens (tertiary/aromatic N) is 1. The second-order valence-corrected chi connectivity index (χ2v) is 7.55. The van der Waals surface area contributed by atoms with Gasteiger partial charge < -0.3 is 4.74 Å². The van der Waals surface area contributed by atoms with Crippen molar-refractivity contribution >= 4 is 0 Å². The van der Waals surface area contributed by atoms with E-state index in [0.717, 1.165) is 32.2 Å². The molecule has 1 aliphatic carbocycles. The minimum absolute atomic E-state index is 0.676. The fraction of sp³-hybridized carbons (Fsp3) is 0.478. The molecule has 1 unspecified atom stereocenters. The number of morpholine rings is 1. The summed E-state index contributed by atoms with van der Waals surface area (Å²) >= 11 is 0. The molecule has 1 heterocycles. The van der Waals surface area contributed by atoms with Gasteiger partial charge in [0.1, 0.15) is 0 Å². The van der Waals surface area contributed by atoms with E-state index in [1.54, 1.807) is 11.1 Å². The molecule has 1 atom stereocenters. The summed E-state index contributed by atoms with van der Waals surface area (Å²) in [5.74, 6) is 1.43. The highest BCUT2D eigenvalue weighted by atomic mass is 16.5. The first-order valence-corrected chi connectivity index (χ1v) is 9.82. The average Bonchev–Trinajstić information content (AvgIpc) is 3.10. The van der Waals surface area contributed by atoms with E-state index < -0.39 is 0 Å². The van der Waals surface area contributed by atoms with Crippen LogP contribution in [0.15, 0.2) is 54.6 Å². The van der Waals surface area contributed by atoms with Crippen LogP contribution in [0.25, 0.3) is 0 Å². The maximum atomic E-state index is 5.47. The van der Waals surface area contributed by atoms with E-state index in [4.69, 9.17) is 4.74 Å². The zero-order valence-electron chi connectivity index (χ0n) is 15.1. The third kappa shape index (κ3) is 4.13. The van der Waals surface area contributed by atoms with Gasteiger partial charge in [-0.25, -0.2) is 0 Å². The van der Waals surface area contributed by atoms with Gasteiger partial charge in [-0.1, -0.05) is 54.6 Å². The second kappa shape index (κ2) is 8.16. The Kier molecular flexibility index (Phi) is 5.49. The first-order valence-electron chi connectivity index (χ1n) is 9.82. The zero-order valence-corrected chi connectivity index (χ0v) is 15.1. The maximum absolute atomic E-state index is 5.47. The van der Waals surface area contributed by atoms with Crippen LogP contribution in [-0.2, 0) is 17.6 Å². The van der Waals surface area contributed by atoms with Gasteiger partial charge in [0.2, 0.25) is 0 Å². The van der Waals surface area contributed by atoms with Crippen molar-refractivity contribution in [2.24, 2.45) is 5.92 Å². The van der Waals surface area contributed by atoms with Gasteiger partial charge in [-0.3, -0.25) is 4.90 Å². The van der Waals surface area contributed by atoms with Crippen LogP contribution in [-0.4, -0.2) is 37.7 Å². The fourth-order valence-corrected chi connectivity index (χ4v) is 4.61. The van der Waals surface area contributed by atoms with Crippen molar-refractivity contribution in [2.75, 3.05) is 32.8 Å². The van der Waals surface area contributed by atoms with Crippen molar-refractivity contribution < 1.29 is 4.74 Å². The average molecular weight is 335 g/mol. The minimum atomic E-state index is 0.676. The number of fused-ring (bicyclic) bond motifs is 1. The van der Waals surface area contributed by atoms with Crippen molar-refractivity contribution in [1.82, 2.24) is 4.90 Å². The zero-order chi connectivity index (χ0) is 16.9. The largest absolute Gasteiger partial charge is 0.379 e. The van der Waals surface area contributed by atoms with Crippen LogP contribution >= 0.6 is 0 Å². The third-order valence-corrected chi connectivity index (χ3v) is 5.97. The van der Waals surface area contributed by atoms with Crippen LogP contribution in [0, 0.1) is 5.92 Å². The van der Waals surface area contributed by atoms with E-state index in [1.165, 1.54) is 37.8 Å². The summed E-state index contributed by atoms with van der Waals surface area (Å²) in [5, 5.41) is 0. The monoisotopic (exact) mass is 335 g/mol.